The number of amides is 1. The first-order valence-electron chi connectivity index (χ1n) is 8.10. The Hall–Kier alpha value is -1.86. The number of carbonyl (C=O) groups is 1. The average Bonchev–Trinajstić information content (AvgIpc) is 3.22. The fourth-order valence-electron chi connectivity index (χ4n) is 2.76. The highest BCUT2D eigenvalue weighted by Crippen LogP contribution is 2.30. The van der Waals surface area contributed by atoms with Crippen LogP contribution in [0.1, 0.15) is 60.9 Å². The number of nitrogens with one attached hydrogen (secondary N) is 2. The van der Waals surface area contributed by atoms with Gasteiger partial charge in [-0.3, -0.25) is 4.79 Å². The van der Waals surface area contributed by atoms with Crippen molar-refractivity contribution in [1.82, 2.24) is 20.4 Å². The maximum atomic E-state index is 12.5. The van der Waals surface area contributed by atoms with Crippen LogP contribution in [-0.2, 0) is 4.74 Å². The number of hydrogen-bond acceptors (Lipinski definition) is 5. The zero-order chi connectivity index (χ0) is 17.1. The molecule has 2 aromatic rings. The molecule has 7 nitrogen and oxygen atoms in total. The van der Waals surface area contributed by atoms with Gasteiger partial charge in [-0.15, -0.1) is 0 Å². The highest BCUT2D eigenvalue weighted by molar-refractivity contribution is 6.30. The van der Waals surface area contributed by atoms with Gasteiger partial charge in [0, 0.05) is 25.3 Å². The van der Waals surface area contributed by atoms with E-state index in [4.69, 9.17) is 20.9 Å². The zero-order valence-electron chi connectivity index (χ0n) is 13.7. The van der Waals surface area contributed by atoms with Crippen LogP contribution in [0.3, 0.4) is 0 Å². The molecule has 1 atom stereocenters. The molecule has 1 saturated heterocycles. The van der Waals surface area contributed by atoms with Crippen molar-refractivity contribution < 1.29 is 14.1 Å². The summed E-state index contributed by atoms with van der Waals surface area (Å²) in [6, 6.07) is 1.24. The quantitative estimate of drug-likeness (QED) is 0.862. The van der Waals surface area contributed by atoms with E-state index in [1.54, 1.807) is 12.3 Å². The summed E-state index contributed by atoms with van der Waals surface area (Å²) in [6.45, 7) is 5.32. The first-order chi connectivity index (χ1) is 11.5. The molecule has 3 rings (SSSR count). The molecule has 1 fully saturated rings. The van der Waals surface area contributed by atoms with E-state index < -0.39 is 0 Å². The minimum atomic E-state index is -0.344. The summed E-state index contributed by atoms with van der Waals surface area (Å²) >= 11 is 5.88. The van der Waals surface area contributed by atoms with Gasteiger partial charge in [0.05, 0.1) is 5.02 Å². The van der Waals surface area contributed by atoms with Crippen LogP contribution in [0.4, 0.5) is 0 Å². The van der Waals surface area contributed by atoms with Crippen molar-refractivity contribution in [1.29, 1.82) is 0 Å². The third-order valence-electron chi connectivity index (χ3n) is 4.16. The molecule has 0 aliphatic carbocycles. The van der Waals surface area contributed by atoms with Crippen LogP contribution in [0.5, 0.6) is 0 Å². The van der Waals surface area contributed by atoms with Gasteiger partial charge in [-0.1, -0.05) is 30.6 Å². The zero-order valence-corrected chi connectivity index (χ0v) is 14.5. The summed E-state index contributed by atoms with van der Waals surface area (Å²) in [6.07, 6.45) is 3.23. The number of halogens is 1. The Labute approximate surface area is 145 Å². The highest BCUT2D eigenvalue weighted by atomic mass is 35.5. The van der Waals surface area contributed by atoms with E-state index in [2.05, 4.69) is 20.4 Å². The fourth-order valence-corrected chi connectivity index (χ4v) is 2.92. The Morgan fingerprint density at radius 1 is 1.42 bits per heavy atom. The summed E-state index contributed by atoms with van der Waals surface area (Å²) in [5.74, 6) is 1.18. The lowest BCUT2D eigenvalue weighted by atomic mass is 9.91. The maximum absolute atomic E-state index is 12.5. The molecule has 0 radical (unpaired) electrons. The van der Waals surface area contributed by atoms with Crippen molar-refractivity contribution in [2.45, 2.75) is 38.6 Å². The van der Waals surface area contributed by atoms with Crippen LogP contribution in [0.2, 0.25) is 5.02 Å². The van der Waals surface area contributed by atoms with Crippen LogP contribution >= 0.6 is 11.6 Å². The molecular formula is C16H21ClN4O3. The molecule has 1 aliphatic heterocycles. The molecule has 0 bridgehead atoms. The van der Waals surface area contributed by atoms with E-state index in [1.807, 2.05) is 13.8 Å². The van der Waals surface area contributed by atoms with Crippen molar-refractivity contribution in [3.05, 3.63) is 34.7 Å². The van der Waals surface area contributed by atoms with E-state index in [1.165, 1.54) is 0 Å². The summed E-state index contributed by atoms with van der Waals surface area (Å²) < 4.78 is 10.8. The van der Waals surface area contributed by atoms with Gasteiger partial charge >= 0.3 is 0 Å². The third-order valence-corrected chi connectivity index (χ3v) is 4.37. The van der Waals surface area contributed by atoms with Crippen molar-refractivity contribution in [2.24, 2.45) is 5.92 Å². The minimum Gasteiger partial charge on any atom is -0.381 e. The monoisotopic (exact) mass is 352 g/mol. The second-order valence-electron chi connectivity index (χ2n) is 6.28. The number of H-pyrrole nitrogens is 1. The van der Waals surface area contributed by atoms with Gasteiger partial charge in [-0.25, -0.2) is 0 Å². The van der Waals surface area contributed by atoms with E-state index in [0.717, 1.165) is 12.8 Å². The summed E-state index contributed by atoms with van der Waals surface area (Å²) in [4.78, 5) is 19.8. The molecule has 8 heteroatoms. The third kappa shape index (κ3) is 3.79. The molecule has 24 heavy (non-hydrogen) atoms. The van der Waals surface area contributed by atoms with Crippen LogP contribution in [0.15, 0.2) is 16.8 Å². The lowest BCUT2D eigenvalue weighted by Crippen LogP contribution is -2.36. The largest absolute Gasteiger partial charge is 0.381 e. The van der Waals surface area contributed by atoms with Crippen molar-refractivity contribution in [3.8, 4) is 0 Å². The smallest absolute Gasteiger partial charge is 0.268 e. The molecule has 2 N–H and O–H groups in total. The molecule has 0 saturated carbocycles. The summed E-state index contributed by atoms with van der Waals surface area (Å²) in [5, 5.41) is 7.51. The molecule has 0 spiro atoms. The number of carbonyl (C=O) groups excluding carboxylic acids is 1. The van der Waals surface area contributed by atoms with Crippen molar-refractivity contribution in [3.63, 3.8) is 0 Å². The van der Waals surface area contributed by atoms with E-state index in [-0.39, 0.29) is 23.8 Å². The second-order valence-corrected chi connectivity index (χ2v) is 6.71. The number of ether oxygens (including phenoxy) is 1. The van der Waals surface area contributed by atoms with Crippen LogP contribution in [0, 0.1) is 5.92 Å². The minimum absolute atomic E-state index is 0.163. The van der Waals surface area contributed by atoms with Crippen LogP contribution in [-0.4, -0.2) is 34.2 Å². The van der Waals surface area contributed by atoms with Crippen molar-refractivity contribution >= 4 is 17.5 Å². The Kier molecular flexibility index (Phi) is 5.20. The fraction of sp³-hybridized carbons (Fsp3) is 0.562. The molecule has 1 aliphatic rings. The standard InChI is InChI=1S/C16H21ClN4O3/c1-9(2)14-20-16(24-21-14)13(10-3-5-23-6-4-10)19-15(22)12-7-11(17)8-18-12/h7-10,13,18H,3-6H2,1-2H3,(H,19,22). The van der Waals surface area contributed by atoms with E-state index >= 15 is 0 Å². The molecule has 0 aromatic carbocycles. The topological polar surface area (TPSA) is 93.0 Å². The van der Waals surface area contributed by atoms with Gasteiger partial charge in [0.15, 0.2) is 5.82 Å². The predicted molar refractivity (Wildman–Crippen MR) is 87.9 cm³/mol. The first kappa shape index (κ1) is 17.0. The number of hydrogen-bond donors (Lipinski definition) is 2. The number of rotatable bonds is 5. The normalized spacial score (nSPS) is 17.2. The van der Waals surface area contributed by atoms with Gasteiger partial charge in [0.25, 0.3) is 5.91 Å². The van der Waals surface area contributed by atoms with Gasteiger partial charge < -0.3 is 19.6 Å². The predicted octanol–water partition coefficient (Wildman–Crippen LogP) is 3.07. The molecule has 1 amide bonds. The molecule has 1 unspecified atom stereocenters. The van der Waals surface area contributed by atoms with E-state index in [0.29, 0.717) is 35.6 Å². The van der Waals surface area contributed by atoms with E-state index in [9.17, 15) is 4.79 Å². The Morgan fingerprint density at radius 3 is 2.75 bits per heavy atom. The summed E-state index contributed by atoms with van der Waals surface area (Å²) in [7, 11) is 0. The van der Waals surface area contributed by atoms with Crippen molar-refractivity contribution in [2.75, 3.05) is 13.2 Å². The number of aromatic amines is 1. The molecule has 3 heterocycles. The van der Waals surface area contributed by atoms with Gasteiger partial charge in [0.1, 0.15) is 11.7 Å². The Balaban J connectivity index is 1.82. The van der Waals surface area contributed by atoms with Gasteiger partial charge in [0.2, 0.25) is 5.89 Å². The molecular weight excluding hydrogens is 332 g/mol. The van der Waals surface area contributed by atoms with Gasteiger partial charge in [-0.05, 0) is 24.8 Å². The second kappa shape index (κ2) is 7.36. The lowest BCUT2D eigenvalue weighted by Gasteiger charge is -2.28. The maximum Gasteiger partial charge on any atom is 0.268 e. The SMILES string of the molecule is CC(C)c1noc(C(NC(=O)c2cc(Cl)c[nH]2)C2CCOCC2)n1. The Bertz CT molecular complexity index is 691. The lowest BCUT2D eigenvalue weighted by molar-refractivity contribution is 0.0467. The first-order valence-corrected chi connectivity index (χ1v) is 8.48. The average molecular weight is 353 g/mol. The summed E-state index contributed by atoms with van der Waals surface area (Å²) in [5.41, 5.74) is 0.403. The highest BCUT2D eigenvalue weighted by Gasteiger charge is 2.32. The molecule has 2 aromatic heterocycles. The number of aromatic nitrogens is 3. The van der Waals surface area contributed by atoms with Crippen LogP contribution in [0.25, 0.3) is 0 Å². The molecule has 130 valence electrons. The number of nitrogens with zero attached hydrogens (tertiary/aromatic N) is 2. The van der Waals surface area contributed by atoms with Crippen LogP contribution < -0.4 is 5.32 Å². The Morgan fingerprint density at radius 2 is 2.17 bits per heavy atom. The van der Waals surface area contributed by atoms with Gasteiger partial charge in [-0.2, -0.15) is 4.98 Å².